The maximum Gasteiger partial charge on any atom is 0.333 e. The first-order chi connectivity index (χ1) is 11.2. The van der Waals surface area contributed by atoms with E-state index >= 15 is 0 Å². The first-order valence-electron chi connectivity index (χ1n) is 7.69. The van der Waals surface area contributed by atoms with E-state index in [2.05, 4.69) is 5.32 Å². The van der Waals surface area contributed by atoms with Gasteiger partial charge in [0.25, 0.3) is 5.91 Å². The second-order valence-corrected chi connectivity index (χ2v) is 5.92. The number of aromatic nitrogens is 1. The van der Waals surface area contributed by atoms with Gasteiger partial charge in [-0.05, 0) is 51.5 Å². The Morgan fingerprint density at radius 1 is 1.25 bits per heavy atom. The molecule has 2 aromatic rings. The maximum atomic E-state index is 13.1. The quantitative estimate of drug-likeness (QED) is 0.884. The summed E-state index contributed by atoms with van der Waals surface area (Å²) < 4.78 is 15.1. The van der Waals surface area contributed by atoms with Crippen LogP contribution in [0.15, 0.2) is 30.3 Å². The van der Waals surface area contributed by atoms with Crippen molar-refractivity contribution in [3.05, 3.63) is 58.7 Å². The van der Waals surface area contributed by atoms with Crippen LogP contribution >= 0.6 is 0 Å². The molecule has 0 saturated carbocycles. The highest BCUT2D eigenvalue weighted by Crippen LogP contribution is 2.23. The largest absolute Gasteiger partial charge is 0.479 e. The van der Waals surface area contributed by atoms with Gasteiger partial charge in [0.1, 0.15) is 5.82 Å². The molecule has 1 heterocycles. The molecule has 0 radical (unpaired) electrons. The molecule has 2 rings (SSSR count). The lowest BCUT2D eigenvalue weighted by molar-refractivity contribution is -0.144. The van der Waals surface area contributed by atoms with Gasteiger partial charge in [0, 0.05) is 17.9 Å². The van der Waals surface area contributed by atoms with E-state index in [1.165, 1.54) is 31.2 Å². The second kappa shape index (κ2) is 6.47. The number of carbonyl (C=O) groups is 2. The Balaban J connectivity index is 2.39. The van der Waals surface area contributed by atoms with Crippen LogP contribution in [0.2, 0.25) is 0 Å². The van der Waals surface area contributed by atoms with Gasteiger partial charge in [0.2, 0.25) is 0 Å². The number of rotatable bonds is 5. The standard InChI is InChI=1S/C18H21FN2O3/c1-5-21-11(2)10-15(12(21)3)16(22)20-18(4,17(23)24)13-6-8-14(19)9-7-13/h6-10H,5H2,1-4H3,(H,20,22)(H,23,24). The summed E-state index contributed by atoms with van der Waals surface area (Å²) in [6.07, 6.45) is 0. The number of aryl methyl sites for hydroxylation is 1. The highest BCUT2D eigenvalue weighted by atomic mass is 19.1. The number of halogens is 1. The Morgan fingerprint density at radius 3 is 2.29 bits per heavy atom. The molecule has 2 N–H and O–H groups in total. The predicted molar refractivity (Wildman–Crippen MR) is 88.4 cm³/mol. The number of hydrogen-bond donors (Lipinski definition) is 2. The summed E-state index contributed by atoms with van der Waals surface area (Å²) in [5.74, 6) is -2.16. The molecule has 0 aliphatic carbocycles. The number of amides is 1. The number of hydrogen-bond acceptors (Lipinski definition) is 2. The summed E-state index contributed by atoms with van der Waals surface area (Å²) in [4.78, 5) is 24.4. The lowest BCUT2D eigenvalue weighted by Gasteiger charge is -2.27. The third-order valence-electron chi connectivity index (χ3n) is 4.35. The number of carbonyl (C=O) groups excluding carboxylic acids is 1. The van der Waals surface area contributed by atoms with Gasteiger partial charge in [0.15, 0.2) is 5.54 Å². The van der Waals surface area contributed by atoms with Crippen molar-refractivity contribution >= 4 is 11.9 Å². The van der Waals surface area contributed by atoms with Crippen LogP contribution in [0, 0.1) is 19.7 Å². The van der Waals surface area contributed by atoms with Crippen molar-refractivity contribution in [3.8, 4) is 0 Å². The summed E-state index contributed by atoms with van der Waals surface area (Å²) in [6.45, 7) is 7.80. The van der Waals surface area contributed by atoms with Crippen molar-refractivity contribution in [2.75, 3.05) is 0 Å². The van der Waals surface area contributed by atoms with Crippen LogP contribution in [-0.2, 0) is 16.9 Å². The molecule has 0 fully saturated rings. The molecule has 24 heavy (non-hydrogen) atoms. The average molecular weight is 332 g/mol. The van der Waals surface area contributed by atoms with Crippen LogP contribution in [0.5, 0.6) is 0 Å². The molecule has 0 aliphatic rings. The summed E-state index contributed by atoms with van der Waals surface area (Å²) >= 11 is 0. The minimum atomic E-state index is -1.65. The van der Waals surface area contributed by atoms with Crippen LogP contribution < -0.4 is 5.32 Å². The molecule has 0 aliphatic heterocycles. The summed E-state index contributed by atoms with van der Waals surface area (Å²) in [5, 5.41) is 12.2. The first kappa shape index (κ1) is 17.7. The zero-order valence-electron chi connectivity index (χ0n) is 14.2. The zero-order chi connectivity index (χ0) is 18.1. The van der Waals surface area contributed by atoms with Gasteiger partial charge in [-0.3, -0.25) is 4.79 Å². The SMILES string of the molecule is CCn1c(C)cc(C(=O)NC(C)(C(=O)O)c2ccc(F)cc2)c1C. The fourth-order valence-electron chi connectivity index (χ4n) is 2.84. The minimum absolute atomic E-state index is 0.300. The van der Waals surface area contributed by atoms with Crippen molar-refractivity contribution < 1.29 is 19.1 Å². The first-order valence-corrected chi connectivity index (χ1v) is 7.69. The molecular weight excluding hydrogens is 311 g/mol. The van der Waals surface area contributed by atoms with E-state index in [0.29, 0.717) is 11.1 Å². The Bertz CT molecular complexity index is 780. The lowest BCUT2D eigenvalue weighted by Crippen LogP contribution is -2.49. The van der Waals surface area contributed by atoms with Crippen LogP contribution in [-0.4, -0.2) is 21.6 Å². The molecule has 1 aromatic heterocycles. The Kier molecular flexibility index (Phi) is 4.78. The molecule has 0 bridgehead atoms. The van der Waals surface area contributed by atoms with E-state index < -0.39 is 23.2 Å². The highest BCUT2D eigenvalue weighted by molar-refractivity contribution is 5.99. The fraction of sp³-hybridized carbons (Fsp3) is 0.333. The molecule has 5 nitrogen and oxygen atoms in total. The number of nitrogens with zero attached hydrogens (tertiary/aromatic N) is 1. The van der Waals surface area contributed by atoms with Gasteiger partial charge in [0.05, 0.1) is 5.56 Å². The van der Waals surface area contributed by atoms with E-state index in [1.54, 1.807) is 6.07 Å². The molecule has 0 spiro atoms. The van der Waals surface area contributed by atoms with Crippen molar-refractivity contribution in [1.82, 2.24) is 9.88 Å². The van der Waals surface area contributed by atoms with Crippen LogP contribution in [0.4, 0.5) is 4.39 Å². The van der Waals surface area contributed by atoms with Crippen LogP contribution in [0.1, 0.15) is 41.2 Å². The van der Waals surface area contributed by atoms with Crippen molar-refractivity contribution in [2.45, 2.75) is 39.8 Å². The van der Waals surface area contributed by atoms with E-state index in [4.69, 9.17) is 0 Å². The van der Waals surface area contributed by atoms with Crippen LogP contribution in [0.25, 0.3) is 0 Å². The molecule has 1 atom stereocenters. The number of benzene rings is 1. The number of carboxylic acids is 1. The Labute approximate surface area is 140 Å². The van der Waals surface area contributed by atoms with Crippen molar-refractivity contribution in [2.24, 2.45) is 0 Å². The molecule has 6 heteroatoms. The lowest BCUT2D eigenvalue weighted by atomic mass is 9.91. The van der Waals surface area contributed by atoms with Crippen LogP contribution in [0.3, 0.4) is 0 Å². The van der Waals surface area contributed by atoms with E-state index in [-0.39, 0.29) is 0 Å². The predicted octanol–water partition coefficient (Wildman–Crippen LogP) is 2.99. The molecule has 0 saturated heterocycles. The van der Waals surface area contributed by atoms with E-state index in [0.717, 1.165) is 17.9 Å². The van der Waals surface area contributed by atoms with Gasteiger partial charge < -0.3 is 15.0 Å². The summed E-state index contributed by atoms with van der Waals surface area (Å²) in [5.41, 5.74) is 0.788. The topological polar surface area (TPSA) is 71.3 Å². The average Bonchev–Trinajstić information content (AvgIpc) is 2.81. The Hall–Kier alpha value is -2.63. The maximum absolute atomic E-state index is 13.1. The van der Waals surface area contributed by atoms with Gasteiger partial charge in [-0.1, -0.05) is 12.1 Å². The molecule has 1 amide bonds. The summed E-state index contributed by atoms with van der Waals surface area (Å²) in [7, 11) is 0. The van der Waals surface area contributed by atoms with Crippen molar-refractivity contribution in [3.63, 3.8) is 0 Å². The minimum Gasteiger partial charge on any atom is -0.479 e. The van der Waals surface area contributed by atoms with Crippen molar-refractivity contribution in [1.29, 1.82) is 0 Å². The highest BCUT2D eigenvalue weighted by Gasteiger charge is 2.37. The van der Waals surface area contributed by atoms with E-state index in [1.807, 2.05) is 25.3 Å². The monoisotopic (exact) mass is 332 g/mol. The number of carboxylic acid groups (broad SMARTS) is 1. The second-order valence-electron chi connectivity index (χ2n) is 5.92. The van der Waals surface area contributed by atoms with Gasteiger partial charge in [-0.2, -0.15) is 0 Å². The van der Waals surface area contributed by atoms with Gasteiger partial charge in [-0.15, -0.1) is 0 Å². The summed E-state index contributed by atoms with van der Waals surface area (Å²) in [6, 6.07) is 6.80. The molecule has 128 valence electrons. The van der Waals surface area contributed by atoms with Gasteiger partial charge >= 0.3 is 5.97 Å². The fourth-order valence-corrected chi connectivity index (χ4v) is 2.84. The van der Waals surface area contributed by atoms with Gasteiger partial charge in [-0.25, -0.2) is 9.18 Å². The molecule has 1 aromatic carbocycles. The third-order valence-corrected chi connectivity index (χ3v) is 4.35. The smallest absolute Gasteiger partial charge is 0.333 e. The zero-order valence-corrected chi connectivity index (χ0v) is 14.2. The molecule has 1 unspecified atom stereocenters. The molecular formula is C18H21FN2O3. The normalized spacial score (nSPS) is 13.4. The Morgan fingerprint density at radius 2 is 1.83 bits per heavy atom. The van der Waals surface area contributed by atoms with E-state index in [9.17, 15) is 19.1 Å². The number of nitrogens with one attached hydrogen (secondary N) is 1. The third kappa shape index (κ3) is 3.04. The number of aliphatic carboxylic acids is 1.